The number of benzene rings is 1. The van der Waals surface area contributed by atoms with E-state index in [1.54, 1.807) is 0 Å². The SMILES string of the molecule is Cc1c(Cl)cccc1-n1c(C)cc2c1CCCC2O. The smallest absolute Gasteiger partial charge is 0.0807 e. The Morgan fingerprint density at radius 3 is 2.89 bits per heavy atom. The molecule has 1 aromatic carbocycles. The average molecular weight is 276 g/mol. The number of halogens is 1. The van der Waals surface area contributed by atoms with E-state index in [9.17, 15) is 5.11 Å². The zero-order chi connectivity index (χ0) is 13.6. The summed E-state index contributed by atoms with van der Waals surface area (Å²) >= 11 is 6.23. The van der Waals surface area contributed by atoms with Crippen LogP contribution in [0.4, 0.5) is 0 Å². The summed E-state index contributed by atoms with van der Waals surface area (Å²) in [6, 6.07) is 8.10. The van der Waals surface area contributed by atoms with Crippen molar-refractivity contribution in [3.8, 4) is 5.69 Å². The largest absolute Gasteiger partial charge is 0.388 e. The highest BCUT2D eigenvalue weighted by Crippen LogP contribution is 2.35. The zero-order valence-corrected chi connectivity index (χ0v) is 12.0. The minimum absolute atomic E-state index is 0.316. The summed E-state index contributed by atoms with van der Waals surface area (Å²) in [6.07, 6.45) is 2.61. The molecular weight excluding hydrogens is 258 g/mol. The monoisotopic (exact) mass is 275 g/mol. The van der Waals surface area contributed by atoms with Crippen LogP contribution in [0.15, 0.2) is 24.3 Å². The van der Waals surface area contributed by atoms with Crippen molar-refractivity contribution >= 4 is 11.6 Å². The molecule has 0 bridgehead atoms. The van der Waals surface area contributed by atoms with Crippen LogP contribution in [0.1, 0.15) is 41.5 Å². The van der Waals surface area contributed by atoms with Crippen molar-refractivity contribution in [1.82, 2.24) is 4.57 Å². The molecule has 1 aliphatic rings. The van der Waals surface area contributed by atoms with Gasteiger partial charge in [0.05, 0.1) is 6.10 Å². The van der Waals surface area contributed by atoms with Crippen molar-refractivity contribution in [1.29, 1.82) is 0 Å². The van der Waals surface area contributed by atoms with Gasteiger partial charge in [-0.2, -0.15) is 0 Å². The van der Waals surface area contributed by atoms with Crippen molar-refractivity contribution in [2.75, 3.05) is 0 Å². The Balaban J connectivity index is 2.23. The average Bonchev–Trinajstić information content (AvgIpc) is 2.71. The maximum atomic E-state index is 10.1. The Kier molecular flexibility index (Phi) is 3.15. The molecule has 0 amide bonds. The first-order chi connectivity index (χ1) is 9.09. The van der Waals surface area contributed by atoms with Gasteiger partial charge in [-0.3, -0.25) is 0 Å². The van der Waals surface area contributed by atoms with E-state index < -0.39 is 0 Å². The topological polar surface area (TPSA) is 25.2 Å². The fourth-order valence-corrected chi connectivity index (χ4v) is 3.22. The van der Waals surface area contributed by atoms with Gasteiger partial charge in [0.15, 0.2) is 0 Å². The Bertz CT molecular complexity index is 630. The predicted octanol–water partition coefficient (Wildman–Crippen LogP) is 4.12. The molecule has 19 heavy (non-hydrogen) atoms. The van der Waals surface area contributed by atoms with Crippen molar-refractivity contribution in [3.05, 3.63) is 51.8 Å². The van der Waals surface area contributed by atoms with Crippen molar-refractivity contribution in [2.45, 2.75) is 39.2 Å². The first kappa shape index (κ1) is 12.8. The van der Waals surface area contributed by atoms with Crippen molar-refractivity contribution in [3.63, 3.8) is 0 Å². The van der Waals surface area contributed by atoms with Crippen LogP contribution in [0.5, 0.6) is 0 Å². The van der Waals surface area contributed by atoms with Crippen LogP contribution in [0.2, 0.25) is 5.02 Å². The quantitative estimate of drug-likeness (QED) is 0.832. The summed E-state index contributed by atoms with van der Waals surface area (Å²) in [5.41, 5.74) is 5.70. The summed E-state index contributed by atoms with van der Waals surface area (Å²) in [5.74, 6) is 0. The Morgan fingerprint density at radius 1 is 1.32 bits per heavy atom. The number of hydrogen-bond acceptors (Lipinski definition) is 1. The molecule has 0 saturated carbocycles. The van der Waals surface area contributed by atoms with E-state index in [0.717, 1.165) is 46.8 Å². The molecule has 2 nitrogen and oxygen atoms in total. The molecule has 1 atom stereocenters. The van der Waals surface area contributed by atoms with Crippen LogP contribution < -0.4 is 0 Å². The lowest BCUT2D eigenvalue weighted by atomic mass is 9.95. The van der Waals surface area contributed by atoms with Gasteiger partial charge in [-0.1, -0.05) is 17.7 Å². The van der Waals surface area contributed by atoms with E-state index >= 15 is 0 Å². The summed E-state index contributed by atoms with van der Waals surface area (Å²) in [7, 11) is 0. The molecule has 1 N–H and O–H groups in total. The lowest BCUT2D eigenvalue weighted by molar-refractivity contribution is 0.156. The van der Waals surface area contributed by atoms with Crippen LogP contribution in [-0.2, 0) is 6.42 Å². The zero-order valence-electron chi connectivity index (χ0n) is 11.3. The van der Waals surface area contributed by atoms with Crippen LogP contribution in [-0.4, -0.2) is 9.67 Å². The molecule has 1 unspecified atom stereocenters. The first-order valence-electron chi connectivity index (χ1n) is 6.74. The number of aliphatic hydroxyl groups excluding tert-OH is 1. The number of hydrogen-bond donors (Lipinski definition) is 1. The predicted molar refractivity (Wildman–Crippen MR) is 78.2 cm³/mol. The second kappa shape index (κ2) is 4.69. The van der Waals surface area contributed by atoms with E-state index in [2.05, 4.69) is 23.6 Å². The number of aliphatic hydroxyl groups is 1. The second-order valence-corrected chi connectivity index (χ2v) is 5.72. The number of fused-ring (bicyclic) bond motifs is 1. The van der Waals surface area contributed by atoms with Gasteiger partial charge in [-0.25, -0.2) is 0 Å². The summed E-state index contributed by atoms with van der Waals surface area (Å²) < 4.78 is 2.25. The molecule has 1 aromatic heterocycles. The highest BCUT2D eigenvalue weighted by Gasteiger charge is 2.24. The van der Waals surface area contributed by atoms with Crippen LogP contribution in [0.25, 0.3) is 5.69 Å². The van der Waals surface area contributed by atoms with Crippen molar-refractivity contribution < 1.29 is 5.11 Å². The third-order valence-corrected chi connectivity index (χ3v) is 4.46. The fourth-order valence-electron chi connectivity index (χ4n) is 3.05. The van der Waals surface area contributed by atoms with Gasteiger partial charge in [0, 0.05) is 27.7 Å². The van der Waals surface area contributed by atoms with Gasteiger partial charge in [-0.15, -0.1) is 0 Å². The third kappa shape index (κ3) is 1.99. The Labute approximate surface area is 118 Å². The summed E-state index contributed by atoms with van der Waals surface area (Å²) in [5, 5.41) is 10.9. The van der Waals surface area contributed by atoms with Crippen LogP contribution in [0.3, 0.4) is 0 Å². The fraction of sp³-hybridized carbons (Fsp3) is 0.375. The van der Waals surface area contributed by atoms with Gasteiger partial charge >= 0.3 is 0 Å². The van der Waals surface area contributed by atoms with Crippen molar-refractivity contribution in [2.24, 2.45) is 0 Å². The van der Waals surface area contributed by atoms with E-state index in [0.29, 0.717) is 0 Å². The number of nitrogens with zero attached hydrogens (tertiary/aromatic N) is 1. The molecule has 0 saturated heterocycles. The van der Waals surface area contributed by atoms with Crippen LogP contribution in [0, 0.1) is 13.8 Å². The molecule has 100 valence electrons. The normalized spacial score (nSPS) is 18.4. The highest BCUT2D eigenvalue weighted by atomic mass is 35.5. The Morgan fingerprint density at radius 2 is 2.11 bits per heavy atom. The maximum absolute atomic E-state index is 10.1. The van der Waals surface area contributed by atoms with Gasteiger partial charge in [0.1, 0.15) is 0 Å². The third-order valence-electron chi connectivity index (χ3n) is 4.05. The first-order valence-corrected chi connectivity index (χ1v) is 7.12. The van der Waals surface area contributed by atoms with E-state index in [-0.39, 0.29) is 6.10 Å². The van der Waals surface area contributed by atoms with Gasteiger partial charge in [0.2, 0.25) is 0 Å². The molecule has 3 rings (SSSR count). The van der Waals surface area contributed by atoms with E-state index in [1.807, 2.05) is 19.1 Å². The molecule has 0 spiro atoms. The minimum Gasteiger partial charge on any atom is -0.388 e. The number of rotatable bonds is 1. The second-order valence-electron chi connectivity index (χ2n) is 5.32. The molecule has 0 fully saturated rings. The molecule has 1 aliphatic carbocycles. The standard InChI is InChI=1S/C16H18ClNO/c1-10-9-12-15(7-4-8-16(12)19)18(10)14-6-3-5-13(17)11(14)2/h3,5-6,9,16,19H,4,7-8H2,1-2H3. The number of aryl methyl sites for hydroxylation is 1. The molecule has 3 heteroatoms. The van der Waals surface area contributed by atoms with Gasteiger partial charge in [-0.05, 0) is 56.9 Å². The van der Waals surface area contributed by atoms with Gasteiger partial charge in [0.25, 0.3) is 0 Å². The maximum Gasteiger partial charge on any atom is 0.0807 e. The molecule has 1 heterocycles. The molecule has 0 aliphatic heterocycles. The molecular formula is C16H18ClNO. The molecule has 0 radical (unpaired) electrons. The lowest BCUT2D eigenvalue weighted by Gasteiger charge is -2.21. The van der Waals surface area contributed by atoms with E-state index in [4.69, 9.17) is 11.6 Å². The highest BCUT2D eigenvalue weighted by molar-refractivity contribution is 6.31. The summed E-state index contributed by atoms with van der Waals surface area (Å²) in [4.78, 5) is 0. The van der Waals surface area contributed by atoms with E-state index in [1.165, 1.54) is 5.69 Å². The van der Waals surface area contributed by atoms with Crippen LogP contribution >= 0.6 is 11.6 Å². The minimum atomic E-state index is -0.316. The lowest BCUT2D eigenvalue weighted by Crippen LogP contribution is -2.12. The summed E-state index contributed by atoms with van der Waals surface area (Å²) in [6.45, 7) is 4.13. The number of aromatic nitrogens is 1. The van der Waals surface area contributed by atoms with Gasteiger partial charge < -0.3 is 9.67 Å². The Hall–Kier alpha value is -1.25. The molecule has 2 aromatic rings.